The molecule has 1 heterocycles. The van der Waals surface area contributed by atoms with E-state index in [0.717, 1.165) is 19.5 Å². The van der Waals surface area contributed by atoms with Crippen molar-refractivity contribution < 1.29 is 19.0 Å². The number of ether oxygens (including phenoxy) is 1. The Bertz CT molecular complexity index is 1200. The number of hydrogen-bond donors (Lipinski definition) is 3. The molecule has 1 fully saturated rings. The van der Waals surface area contributed by atoms with Crippen molar-refractivity contribution in [3.63, 3.8) is 0 Å². The summed E-state index contributed by atoms with van der Waals surface area (Å²) in [5, 5.41) is 19.2. The molecule has 5 rings (SSSR count). The topological polar surface area (TPSA) is 73.8 Å². The van der Waals surface area contributed by atoms with Gasteiger partial charge in [0.15, 0.2) is 0 Å². The number of rotatable bonds is 9. The number of carbonyl (C=O) groups excluding carboxylic acids is 1. The molecule has 0 aromatic heterocycles. The van der Waals surface area contributed by atoms with Gasteiger partial charge >= 0.3 is 0 Å². The second-order valence-electron chi connectivity index (χ2n) is 9.86. The number of piperidine rings is 1. The minimum atomic E-state index is -0.850. The fraction of sp³-hybridized carbons (Fsp3) is 0.414. The molecule has 0 bridgehead atoms. The summed E-state index contributed by atoms with van der Waals surface area (Å²) in [5.41, 5.74) is 2.60. The molecule has 3 aromatic carbocycles. The van der Waals surface area contributed by atoms with Gasteiger partial charge in [0.05, 0.1) is 12.7 Å². The maximum absolute atomic E-state index is 13.5. The highest BCUT2D eigenvalue weighted by molar-refractivity contribution is 5.91. The molecular formula is C29H34FN3O3. The van der Waals surface area contributed by atoms with Gasteiger partial charge in [-0.25, -0.2) is 4.39 Å². The standard InChI is InChI=1S/C29H34FN3O3/c1-2-36-19-24(34)18-31-28(35)29(32-23-11-9-22(30)10-12-23)13-15-33(16-14-29)26-17-21-7-3-5-20-6-4-8-25(26)27(20)21/h3-12,24,26,32,34H,2,13-19H2,1H3,(H,31,35)/t24-,26-/m1/s1. The van der Waals surface area contributed by atoms with Crippen LogP contribution < -0.4 is 10.6 Å². The minimum Gasteiger partial charge on any atom is -0.389 e. The number of halogens is 1. The molecule has 3 aromatic rings. The average molecular weight is 492 g/mol. The summed E-state index contributed by atoms with van der Waals surface area (Å²) in [7, 11) is 0. The molecule has 36 heavy (non-hydrogen) atoms. The maximum atomic E-state index is 13.5. The number of anilines is 1. The van der Waals surface area contributed by atoms with Gasteiger partial charge in [-0.2, -0.15) is 0 Å². The van der Waals surface area contributed by atoms with Gasteiger partial charge in [-0.05, 0) is 72.4 Å². The zero-order valence-corrected chi connectivity index (χ0v) is 20.7. The number of nitrogens with one attached hydrogen (secondary N) is 2. The van der Waals surface area contributed by atoms with E-state index in [1.54, 1.807) is 12.1 Å². The van der Waals surface area contributed by atoms with E-state index in [9.17, 15) is 14.3 Å². The minimum absolute atomic E-state index is 0.120. The molecule has 190 valence electrons. The largest absolute Gasteiger partial charge is 0.389 e. The van der Waals surface area contributed by atoms with E-state index in [2.05, 4.69) is 51.9 Å². The van der Waals surface area contributed by atoms with Crippen LogP contribution in [0.5, 0.6) is 0 Å². The molecule has 3 N–H and O–H groups in total. The van der Waals surface area contributed by atoms with Crippen molar-refractivity contribution in [1.29, 1.82) is 0 Å². The van der Waals surface area contributed by atoms with E-state index < -0.39 is 11.6 Å². The molecule has 2 aliphatic rings. The van der Waals surface area contributed by atoms with E-state index in [0.29, 0.717) is 31.2 Å². The molecule has 2 atom stereocenters. The van der Waals surface area contributed by atoms with Crippen molar-refractivity contribution in [2.45, 2.75) is 43.9 Å². The normalized spacial score (nSPS) is 19.8. The number of amides is 1. The average Bonchev–Trinajstić information content (AvgIpc) is 3.28. The van der Waals surface area contributed by atoms with Gasteiger partial charge in [0.2, 0.25) is 5.91 Å². The molecule has 0 radical (unpaired) electrons. The Labute approximate surface area is 211 Å². The van der Waals surface area contributed by atoms with Crippen LogP contribution in [-0.4, -0.2) is 60.4 Å². The third kappa shape index (κ3) is 4.96. The summed E-state index contributed by atoms with van der Waals surface area (Å²) in [5.74, 6) is -0.471. The first-order valence-corrected chi connectivity index (χ1v) is 12.8. The van der Waals surface area contributed by atoms with Gasteiger partial charge in [0.25, 0.3) is 0 Å². The summed E-state index contributed by atoms with van der Waals surface area (Å²) in [6, 6.07) is 19.5. The lowest BCUT2D eigenvalue weighted by Gasteiger charge is -2.44. The number of aliphatic hydroxyl groups excluding tert-OH is 1. The predicted molar refractivity (Wildman–Crippen MR) is 139 cm³/mol. The number of nitrogens with zero attached hydrogens (tertiary/aromatic N) is 1. The van der Waals surface area contributed by atoms with Crippen molar-refractivity contribution in [2.75, 3.05) is 38.2 Å². The lowest BCUT2D eigenvalue weighted by molar-refractivity contribution is -0.128. The van der Waals surface area contributed by atoms with Gasteiger partial charge < -0.3 is 20.5 Å². The Kier molecular flexibility index (Phi) is 7.23. The van der Waals surface area contributed by atoms with Crippen molar-refractivity contribution >= 4 is 22.4 Å². The van der Waals surface area contributed by atoms with E-state index >= 15 is 0 Å². The van der Waals surface area contributed by atoms with Crippen LogP contribution in [0.4, 0.5) is 10.1 Å². The molecule has 1 aliphatic carbocycles. The molecule has 0 saturated carbocycles. The molecule has 1 amide bonds. The number of hydrogen-bond acceptors (Lipinski definition) is 5. The summed E-state index contributed by atoms with van der Waals surface area (Å²) < 4.78 is 18.8. The SMILES string of the molecule is CCOC[C@H](O)CNC(=O)C1(Nc2ccc(F)cc2)CCN([C@@H]2Cc3cccc4cccc2c34)CC1. The molecule has 7 heteroatoms. The summed E-state index contributed by atoms with van der Waals surface area (Å²) in [6.45, 7) is 4.17. The Morgan fingerprint density at radius 1 is 1.14 bits per heavy atom. The maximum Gasteiger partial charge on any atom is 0.245 e. The number of likely N-dealkylation sites (tertiary alicyclic amines) is 1. The van der Waals surface area contributed by atoms with Gasteiger partial charge in [-0.15, -0.1) is 0 Å². The molecule has 0 spiro atoms. The number of carbonyl (C=O) groups is 1. The van der Waals surface area contributed by atoms with E-state index in [1.165, 1.54) is 34.0 Å². The second-order valence-corrected chi connectivity index (χ2v) is 9.86. The highest BCUT2D eigenvalue weighted by Gasteiger charge is 2.43. The first-order valence-electron chi connectivity index (χ1n) is 12.8. The number of aliphatic hydroxyl groups is 1. The Hall–Kier alpha value is -3.00. The lowest BCUT2D eigenvalue weighted by Crippen LogP contribution is -2.59. The van der Waals surface area contributed by atoms with E-state index in [-0.39, 0.29) is 24.9 Å². The van der Waals surface area contributed by atoms with Crippen molar-refractivity contribution in [2.24, 2.45) is 0 Å². The van der Waals surface area contributed by atoms with Crippen LogP contribution in [-0.2, 0) is 16.0 Å². The van der Waals surface area contributed by atoms with Gasteiger partial charge in [-0.1, -0.05) is 36.4 Å². The van der Waals surface area contributed by atoms with Crippen molar-refractivity contribution in [3.05, 3.63) is 77.6 Å². The van der Waals surface area contributed by atoms with Crippen LogP contribution in [0.1, 0.15) is 36.9 Å². The van der Waals surface area contributed by atoms with Gasteiger partial charge in [0, 0.05) is 38.0 Å². The predicted octanol–water partition coefficient (Wildman–Crippen LogP) is 4.04. The van der Waals surface area contributed by atoms with Crippen LogP contribution in [0.3, 0.4) is 0 Å². The molecule has 0 unspecified atom stereocenters. The smallest absolute Gasteiger partial charge is 0.245 e. The van der Waals surface area contributed by atoms with Crippen LogP contribution in [0.15, 0.2) is 60.7 Å². The molecule has 1 saturated heterocycles. The Morgan fingerprint density at radius 3 is 2.58 bits per heavy atom. The summed E-state index contributed by atoms with van der Waals surface area (Å²) in [6.07, 6.45) is 1.40. The zero-order valence-electron chi connectivity index (χ0n) is 20.7. The number of benzene rings is 3. The van der Waals surface area contributed by atoms with Gasteiger partial charge in [-0.3, -0.25) is 9.69 Å². The first kappa shape index (κ1) is 24.7. The highest BCUT2D eigenvalue weighted by atomic mass is 19.1. The second kappa shape index (κ2) is 10.5. The van der Waals surface area contributed by atoms with Crippen LogP contribution in [0, 0.1) is 5.82 Å². The van der Waals surface area contributed by atoms with E-state index in [1.807, 2.05) is 6.92 Å². The van der Waals surface area contributed by atoms with Crippen LogP contribution in [0.2, 0.25) is 0 Å². The van der Waals surface area contributed by atoms with Gasteiger partial charge in [0.1, 0.15) is 11.4 Å². The Balaban J connectivity index is 1.32. The summed E-state index contributed by atoms with van der Waals surface area (Å²) >= 11 is 0. The zero-order chi connectivity index (χ0) is 25.1. The third-order valence-electron chi connectivity index (χ3n) is 7.56. The van der Waals surface area contributed by atoms with Crippen LogP contribution >= 0.6 is 0 Å². The molecule has 1 aliphatic heterocycles. The quantitative estimate of drug-likeness (QED) is 0.421. The van der Waals surface area contributed by atoms with E-state index in [4.69, 9.17) is 4.74 Å². The van der Waals surface area contributed by atoms with Crippen LogP contribution in [0.25, 0.3) is 10.8 Å². The molecular weight excluding hydrogens is 457 g/mol. The monoisotopic (exact) mass is 491 g/mol. The van der Waals surface area contributed by atoms with Crippen molar-refractivity contribution in [3.8, 4) is 0 Å². The van der Waals surface area contributed by atoms with Crippen molar-refractivity contribution in [1.82, 2.24) is 10.2 Å². The third-order valence-corrected chi connectivity index (χ3v) is 7.56. The lowest BCUT2D eigenvalue weighted by atomic mass is 9.84. The first-order chi connectivity index (χ1) is 17.5. The Morgan fingerprint density at radius 2 is 1.86 bits per heavy atom. The fourth-order valence-electron chi connectivity index (χ4n) is 5.67. The molecule has 6 nitrogen and oxygen atoms in total. The fourth-order valence-corrected chi connectivity index (χ4v) is 5.67. The highest BCUT2D eigenvalue weighted by Crippen LogP contribution is 2.42. The summed E-state index contributed by atoms with van der Waals surface area (Å²) in [4.78, 5) is 16.0.